The van der Waals surface area contributed by atoms with Gasteiger partial charge in [-0.15, -0.1) is 5.06 Å². The minimum Gasteiger partial charge on any atom is -0.418 e. The molecule has 2 radical (unpaired) electrons. The number of β-amino-alcohol motifs (C(OH)–C–C–N with tert-alkyl or cyclic N) is 1. The van der Waals surface area contributed by atoms with Crippen molar-refractivity contribution in [3.8, 4) is 0 Å². The fourth-order valence-corrected chi connectivity index (χ4v) is 1.35. The molecule has 1 saturated heterocycles. The van der Waals surface area contributed by atoms with Crippen molar-refractivity contribution >= 4 is 18.0 Å². The fraction of sp³-hybridized carbons (Fsp3) is 0.429. The number of carbonyl (C=O) groups excluding carboxylic acids is 1. The molecule has 6 nitrogen and oxygen atoms in total. The van der Waals surface area contributed by atoms with Crippen LogP contribution >= 0.6 is 12.0 Å². The monoisotopic (exact) mass is 531 g/mol. The van der Waals surface area contributed by atoms with Crippen molar-refractivity contribution in [1.82, 2.24) is 5.06 Å². The van der Waals surface area contributed by atoms with Gasteiger partial charge in [-0.1, -0.05) is 6.58 Å². The van der Waals surface area contributed by atoms with Gasteiger partial charge in [0.15, 0.2) is 0 Å². The molecule has 0 aromatic rings. The Labute approximate surface area is 183 Å². The van der Waals surface area contributed by atoms with Crippen LogP contribution in [0.1, 0.15) is 0 Å². The van der Waals surface area contributed by atoms with Crippen LogP contribution < -0.4 is 58.2 Å². The molecule has 9 heteroatoms. The maximum Gasteiger partial charge on any atom is 1.00 e. The molecular weight excluding hydrogens is 522 g/mol. The molecule has 1 fully saturated rings. The number of nitrogens with zero attached hydrogens (tertiary/aromatic N) is 1. The minimum absolute atomic E-state index is 0. The molecule has 2 N–H and O–H groups in total. The number of hydroxylamine groups is 2. The summed E-state index contributed by atoms with van der Waals surface area (Å²) in [6.45, 7) is 3.51. The van der Waals surface area contributed by atoms with E-state index in [9.17, 15) is 9.90 Å². The van der Waals surface area contributed by atoms with E-state index in [4.69, 9.17) is 10.1 Å². The minimum atomic E-state index is -1.10. The zero-order valence-corrected chi connectivity index (χ0v) is 20.5. The second kappa shape index (κ2) is 10.5. The molecule has 0 spiro atoms. The van der Waals surface area contributed by atoms with Gasteiger partial charge in [-0.25, -0.2) is 20.1 Å². The third-order valence-corrected chi connectivity index (χ3v) is 2.22. The van der Waals surface area contributed by atoms with Gasteiger partial charge in [-0.2, -0.15) is 12.0 Å². The van der Waals surface area contributed by atoms with Crippen molar-refractivity contribution in [3.63, 3.8) is 0 Å². The van der Waals surface area contributed by atoms with Gasteiger partial charge in [0.2, 0.25) is 0 Å². The van der Waals surface area contributed by atoms with E-state index in [0.717, 1.165) is 6.08 Å². The van der Waals surface area contributed by atoms with Crippen LogP contribution in [-0.4, -0.2) is 40.1 Å². The summed E-state index contributed by atoms with van der Waals surface area (Å²) in [5.74, 6) is 0.740. The third-order valence-electron chi connectivity index (χ3n) is 1.60. The normalized spacial score (nSPS) is 17.4. The second-order valence-electron chi connectivity index (χ2n) is 2.80. The maximum absolute atomic E-state index is 10.7. The van der Waals surface area contributed by atoms with Crippen LogP contribution in [0.25, 0.3) is 0 Å². The molecule has 0 unspecified atom stereocenters. The van der Waals surface area contributed by atoms with Crippen LogP contribution in [0, 0.1) is 50.8 Å². The van der Waals surface area contributed by atoms with Crippen molar-refractivity contribution in [2.24, 2.45) is 0 Å². The third kappa shape index (κ3) is 7.31. The van der Waals surface area contributed by atoms with E-state index >= 15 is 0 Å². The quantitative estimate of drug-likeness (QED) is 0.129. The summed E-state index contributed by atoms with van der Waals surface area (Å²) in [6.07, 6.45) is 1.03. The predicted molar refractivity (Wildman–Crippen MR) is 48.4 cm³/mol. The van der Waals surface area contributed by atoms with Gasteiger partial charge in [0, 0.05) is 64.2 Å². The molecule has 0 amide bonds. The van der Waals surface area contributed by atoms with E-state index in [1.807, 2.05) is 0 Å². The standard InChI is InChI=1S/C7H10NO5S.Ra.Rb/c1-2-6(9)12-8-3-7(10,4-8)5-14-13-11;;/h2,5,10-11H,1,3-4H2;;/q-1;;+1. The topological polar surface area (TPSA) is 79.2 Å². The average Bonchev–Trinajstić information content (AvgIpc) is 2.12. The van der Waals surface area contributed by atoms with Crippen molar-refractivity contribution in [2.75, 3.05) is 13.1 Å². The van der Waals surface area contributed by atoms with Crippen LogP contribution in [0.15, 0.2) is 12.7 Å². The van der Waals surface area contributed by atoms with Crippen LogP contribution in [-0.2, 0) is 14.0 Å². The SMILES string of the molecule is C=CC(=O)ON1CC(O)([CH-]SOO)C1.[Ra].[Rb+]. The molecule has 0 saturated carbocycles. The maximum atomic E-state index is 10.7. The molecule has 1 aliphatic heterocycles. The number of hydrogen-bond donors (Lipinski definition) is 2. The van der Waals surface area contributed by atoms with E-state index in [-0.39, 0.29) is 116 Å². The average molecular weight is 532 g/mol. The number of carbonyl (C=O) groups is 1. The van der Waals surface area contributed by atoms with Crippen molar-refractivity contribution in [1.29, 1.82) is 0 Å². The molecule has 0 bridgehead atoms. The first-order chi connectivity index (χ1) is 6.59. The Morgan fingerprint density at radius 2 is 2.19 bits per heavy atom. The molecule has 1 rings (SSSR count). The first kappa shape index (κ1) is 21.0. The largest absolute Gasteiger partial charge is 1.00 e. The summed E-state index contributed by atoms with van der Waals surface area (Å²) in [6, 6.07) is 0. The molecule has 1 heterocycles. The van der Waals surface area contributed by atoms with E-state index in [1.54, 1.807) is 0 Å². The van der Waals surface area contributed by atoms with Crippen molar-refractivity contribution < 1.29 is 128 Å². The van der Waals surface area contributed by atoms with Gasteiger partial charge in [0.25, 0.3) is 0 Å². The summed E-state index contributed by atoms with van der Waals surface area (Å²) in [7, 11) is 0. The van der Waals surface area contributed by atoms with Crippen LogP contribution in [0.5, 0.6) is 0 Å². The molecule has 16 heavy (non-hydrogen) atoms. The van der Waals surface area contributed by atoms with Gasteiger partial charge < -0.3 is 9.94 Å². The molecule has 0 aliphatic carbocycles. The van der Waals surface area contributed by atoms with E-state index < -0.39 is 11.6 Å². The molecular formula is C7H10NO5RaRbS. The Morgan fingerprint density at radius 1 is 1.62 bits per heavy atom. The van der Waals surface area contributed by atoms with Crippen LogP contribution in [0.4, 0.5) is 0 Å². The van der Waals surface area contributed by atoms with Gasteiger partial charge >= 0.3 is 64.2 Å². The molecule has 0 aromatic heterocycles. The zero-order chi connectivity index (χ0) is 10.6. The predicted octanol–water partition coefficient (Wildman–Crippen LogP) is -3.02. The Hall–Kier alpha value is 2.67. The smallest absolute Gasteiger partial charge is 0.418 e. The Kier molecular flexibility index (Phi) is 13.7. The van der Waals surface area contributed by atoms with Gasteiger partial charge in [-0.05, 0) is 5.60 Å². The van der Waals surface area contributed by atoms with E-state index in [1.165, 1.54) is 10.8 Å². The Balaban J connectivity index is 0. The summed E-state index contributed by atoms with van der Waals surface area (Å²) in [5, 5.41) is 18.9. The van der Waals surface area contributed by atoms with Crippen molar-refractivity contribution in [3.05, 3.63) is 18.4 Å². The van der Waals surface area contributed by atoms with E-state index in [2.05, 4.69) is 10.9 Å². The zero-order valence-electron chi connectivity index (χ0n) is 8.96. The summed E-state index contributed by atoms with van der Waals surface area (Å²) < 4.78 is 3.71. The Bertz CT molecular complexity index is 239. The van der Waals surface area contributed by atoms with Gasteiger partial charge in [-0.3, -0.25) is 0 Å². The number of hydrogen-bond acceptors (Lipinski definition) is 7. The number of rotatable bonds is 5. The first-order valence-electron chi connectivity index (χ1n) is 3.72. The first-order valence-corrected chi connectivity index (χ1v) is 4.53. The molecule has 0 aromatic carbocycles. The summed E-state index contributed by atoms with van der Waals surface area (Å²) in [4.78, 5) is 15.4. The summed E-state index contributed by atoms with van der Waals surface area (Å²) >= 11 is 0.611. The molecule has 82 valence electrons. The van der Waals surface area contributed by atoms with Crippen LogP contribution in [0.2, 0.25) is 0 Å². The van der Waals surface area contributed by atoms with Crippen LogP contribution in [0.3, 0.4) is 0 Å². The van der Waals surface area contributed by atoms with Crippen molar-refractivity contribution in [2.45, 2.75) is 5.60 Å². The Morgan fingerprint density at radius 3 is 2.62 bits per heavy atom. The van der Waals surface area contributed by atoms with E-state index in [0.29, 0.717) is 12.0 Å². The van der Waals surface area contributed by atoms with Gasteiger partial charge in [0.05, 0.1) is 0 Å². The fourth-order valence-electron chi connectivity index (χ4n) is 0.979. The number of aliphatic hydroxyl groups is 1. The second-order valence-corrected chi connectivity index (χ2v) is 3.38. The summed E-state index contributed by atoms with van der Waals surface area (Å²) in [5.41, 5.74) is -1.10. The molecule has 1 aliphatic rings. The molecule has 0 atom stereocenters. The van der Waals surface area contributed by atoms with Gasteiger partial charge in [0.1, 0.15) is 0 Å².